The van der Waals surface area contributed by atoms with E-state index in [1.54, 1.807) is 0 Å². The number of likely N-dealkylation sites (tertiary alicyclic amines) is 1. The Morgan fingerprint density at radius 1 is 0.957 bits per heavy atom. The van der Waals surface area contributed by atoms with E-state index >= 15 is 0 Å². The largest absolute Gasteiger partial charge is 0.391 e. The summed E-state index contributed by atoms with van der Waals surface area (Å²) >= 11 is 0. The van der Waals surface area contributed by atoms with Crippen molar-refractivity contribution >= 4 is 16.8 Å². The number of nitrogens with zero attached hydrogens (tertiary/aromatic N) is 3. The lowest BCUT2D eigenvalue weighted by Gasteiger charge is -2.40. The summed E-state index contributed by atoms with van der Waals surface area (Å²) < 4.78 is 50.3. The molecule has 2 aromatic rings. The molecule has 3 aliphatic carbocycles. The molecule has 1 N–H and O–H groups in total. The molecule has 7 nitrogen and oxygen atoms in total. The van der Waals surface area contributed by atoms with Gasteiger partial charge in [-0.2, -0.15) is 13.2 Å². The topological polar surface area (TPSA) is 76.5 Å². The summed E-state index contributed by atoms with van der Waals surface area (Å²) in [5.74, 6) is -2.40. The lowest BCUT2D eigenvalue weighted by Crippen LogP contribution is -2.47. The van der Waals surface area contributed by atoms with E-state index in [4.69, 9.17) is 4.74 Å². The lowest BCUT2D eigenvalue weighted by molar-refractivity contribution is -0.202. The Kier molecular flexibility index (Phi) is 10.1. The third-order valence-corrected chi connectivity index (χ3v) is 11.5. The Labute approximate surface area is 270 Å². The smallest absolute Gasteiger partial charge is 0.375 e. The van der Waals surface area contributed by atoms with E-state index in [9.17, 15) is 22.8 Å². The first-order chi connectivity index (χ1) is 22.0. The van der Waals surface area contributed by atoms with Gasteiger partial charge in [0.25, 0.3) is 5.56 Å². The van der Waals surface area contributed by atoms with Crippen molar-refractivity contribution in [2.75, 3.05) is 20.1 Å². The Bertz CT molecular complexity index is 1430. The van der Waals surface area contributed by atoms with Gasteiger partial charge in [0.05, 0.1) is 23.6 Å². The number of nitrogens with one attached hydrogen (secondary N) is 1. The normalized spacial score (nSPS) is 30.8. The number of halogens is 3. The molecule has 1 saturated heterocycles. The maximum atomic E-state index is 14.3. The highest BCUT2D eigenvalue weighted by atomic mass is 19.4. The van der Waals surface area contributed by atoms with Crippen LogP contribution in [0.25, 0.3) is 10.9 Å². The molecule has 4 aliphatic rings. The van der Waals surface area contributed by atoms with Gasteiger partial charge in [-0.3, -0.25) is 14.6 Å². The van der Waals surface area contributed by atoms with Crippen molar-refractivity contribution < 1.29 is 22.7 Å². The van der Waals surface area contributed by atoms with Gasteiger partial charge in [0.1, 0.15) is 0 Å². The third-order valence-electron chi connectivity index (χ3n) is 11.5. The van der Waals surface area contributed by atoms with E-state index in [1.807, 2.05) is 36.9 Å². The maximum absolute atomic E-state index is 14.3. The molecule has 46 heavy (non-hydrogen) atoms. The van der Waals surface area contributed by atoms with Gasteiger partial charge in [0.2, 0.25) is 5.91 Å². The highest BCUT2D eigenvalue weighted by Gasteiger charge is 2.47. The van der Waals surface area contributed by atoms with Crippen LogP contribution in [0.5, 0.6) is 0 Å². The van der Waals surface area contributed by atoms with E-state index in [0.717, 1.165) is 86.6 Å². The molecule has 4 fully saturated rings. The van der Waals surface area contributed by atoms with Crippen molar-refractivity contribution in [3.63, 3.8) is 0 Å². The maximum Gasteiger partial charge on any atom is 0.391 e. The lowest BCUT2D eigenvalue weighted by atomic mass is 9.74. The quantitative estimate of drug-likeness (QED) is 0.365. The molecule has 6 unspecified atom stereocenters. The van der Waals surface area contributed by atoms with E-state index in [2.05, 4.69) is 22.1 Å². The summed E-state index contributed by atoms with van der Waals surface area (Å²) in [5, 5.41) is 4.12. The molecule has 6 rings (SSSR count). The monoisotopic (exact) mass is 644 g/mol. The second-order valence-corrected chi connectivity index (χ2v) is 15.0. The Morgan fingerprint density at radius 3 is 2.41 bits per heavy atom. The van der Waals surface area contributed by atoms with Gasteiger partial charge in [-0.15, -0.1) is 0 Å². The first-order valence-corrected chi connectivity index (χ1v) is 17.7. The van der Waals surface area contributed by atoms with Crippen LogP contribution in [0.15, 0.2) is 23.1 Å². The average molecular weight is 645 g/mol. The molecule has 6 atom stereocenters. The molecule has 10 heteroatoms. The Morgan fingerprint density at radius 2 is 1.70 bits per heavy atom. The number of carbonyl (C=O) groups excluding carboxylic acids is 1. The van der Waals surface area contributed by atoms with Gasteiger partial charge in [-0.05, 0) is 102 Å². The van der Waals surface area contributed by atoms with Gasteiger partial charge in [0.15, 0.2) is 0 Å². The second kappa shape index (κ2) is 14.0. The van der Waals surface area contributed by atoms with Crippen LogP contribution in [0.4, 0.5) is 13.2 Å². The van der Waals surface area contributed by atoms with E-state index in [1.165, 1.54) is 6.42 Å². The predicted molar refractivity (Wildman–Crippen MR) is 173 cm³/mol. The fourth-order valence-corrected chi connectivity index (χ4v) is 8.78. The van der Waals surface area contributed by atoms with Gasteiger partial charge >= 0.3 is 6.18 Å². The number of hydrogen-bond acceptors (Lipinski definition) is 5. The number of rotatable bonds is 6. The minimum absolute atomic E-state index is 0.0538. The molecule has 0 spiro atoms. The molecular formula is C36H51F3N4O3. The van der Waals surface area contributed by atoms with Crippen LogP contribution in [0.1, 0.15) is 114 Å². The number of pyridine rings is 2. The minimum Gasteiger partial charge on any atom is -0.375 e. The van der Waals surface area contributed by atoms with E-state index in [0.29, 0.717) is 12.8 Å². The number of fused-ring (bicyclic) bond motifs is 1. The van der Waals surface area contributed by atoms with Crippen LogP contribution >= 0.6 is 0 Å². The van der Waals surface area contributed by atoms with Crippen LogP contribution in [-0.2, 0) is 9.53 Å². The van der Waals surface area contributed by atoms with E-state index < -0.39 is 24.1 Å². The van der Waals surface area contributed by atoms with Crippen molar-refractivity contribution in [2.45, 2.75) is 134 Å². The predicted octanol–water partition coefficient (Wildman–Crippen LogP) is 7.06. The number of aryl methyl sites for hydroxylation is 1. The standard InChI is InChI=1S/C36H51F3N4O3/c1-22-9-10-27(41-34(44)24-16-26(36(37,38)39)19-30(17-24)46-29-11-13-42(3)14-12-29)20-31(22)32-18-25-21-40-23(2)15-33(25)43(35(32)45)28-7-5-4-6-8-28/h15,18,21-22,24,26-31H,4-14,16-17,19-20H2,1-3H3,(H,41,44). The summed E-state index contributed by atoms with van der Waals surface area (Å²) in [4.78, 5) is 34.7. The Balaban J connectivity index is 1.19. The van der Waals surface area contributed by atoms with Crippen LogP contribution < -0.4 is 10.9 Å². The van der Waals surface area contributed by atoms with Crippen LogP contribution in [-0.4, -0.2) is 64.9 Å². The fourth-order valence-electron chi connectivity index (χ4n) is 8.78. The molecule has 1 amide bonds. The zero-order chi connectivity index (χ0) is 32.6. The molecule has 3 saturated carbocycles. The van der Waals surface area contributed by atoms with Crippen LogP contribution in [0, 0.1) is 24.7 Å². The Hall–Kier alpha value is -2.46. The van der Waals surface area contributed by atoms with Crippen LogP contribution in [0.2, 0.25) is 0 Å². The van der Waals surface area contributed by atoms with Crippen molar-refractivity contribution in [1.82, 2.24) is 19.8 Å². The number of hydrogen-bond donors (Lipinski definition) is 1. The first-order valence-electron chi connectivity index (χ1n) is 17.7. The van der Waals surface area contributed by atoms with Gasteiger partial charge < -0.3 is 19.5 Å². The molecule has 3 heterocycles. The summed E-state index contributed by atoms with van der Waals surface area (Å²) in [7, 11) is 2.04. The zero-order valence-corrected chi connectivity index (χ0v) is 27.7. The zero-order valence-electron chi connectivity index (χ0n) is 27.7. The molecule has 0 radical (unpaired) electrons. The number of carbonyl (C=O) groups is 1. The summed E-state index contributed by atoms with van der Waals surface area (Å²) in [6.45, 7) is 5.85. The molecule has 2 aromatic heterocycles. The second-order valence-electron chi connectivity index (χ2n) is 15.0. The van der Waals surface area contributed by atoms with Crippen molar-refractivity contribution in [2.24, 2.45) is 17.8 Å². The third kappa shape index (κ3) is 7.48. The van der Waals surface area contributed by atoms with Gasteiger partial charge in [-0.25, -0.2) is 0 Å². The average Bonchev–Trinajstić information content (AvgIpc) is 3.03. The van der Waals surface area contributed by atoms with Gasteiger partial charge in [0, 0.05) is 53.9 Å². The van der Waals surface area contributed by atoms with Crippen molar-refractivity contribution in [1.29, 1.82) is 0 Å². The molecule has 0 aromatic carbocycles. The highest BCUT2D eigenvalue weighted by Crippen LogP contribution is 2.43. The summed E-state index contributed by atoms with van der Waals surface area (Å²) in [6.07, 6.45) is 6.10. The minimum atomic E-state index is -4.36. The van der Waals surface area contributed by atoms with E-state index in [-0.39, 0.29) is 54.3 Å². The first kappa shape index (κ1) is 33.4. The number of aromatic nitrogens is 2. The number of amides is 1. The van der Waals surface area contributed by atoms with Crippen molar-refractivity contribution in [3.05, 3.63) is 39.9 Å². The molecular weight excluding hydrogens is 593 g/mol. The molecule has 1 aliphatic heterocycles. The van der Waals surface area contributed by atoms with Gasteiger partial charge in [-0.1, -0.05) is 26.2 Å². The van der Waals surface area contributed by atoms with Crippen molar-refractivity contribution in [3.8, 4) is 0 Å². The number of ether oxygens (including phenoxy) is 1. The SMILES string of the molecule is Cc1cc2c(cn1)cc(C1CC(NC(=O)C3CC(OC4CCN(C)CC4)CC(C(F)(F)F)C3)CCC1C)c(=O)n2C1CCCCC1. The molecule has 254 valence electrons. The summed E-state index contributed by atoms with van der Waals surface area (Å²) in [6, 6.07) is 4.00. The number of piperidine rings is 1. The summed E-state index contributed by atoms with van der Waals surface area (Å²) in [5.41, 5.74) is 2.65. The highest BCUT2D eigenvalue weighted by molar-refractivity contribution is 5.80. The van der Waals surface area contributed by atoms with Crippen LogP contribution in [0.3, 0.4) is 0 Å². The number of alkyl halides is 3. The fraction of sp³-hybridized carbons (Fsp3) is 0.750. The molecule has 0 bridgehead atoms.